The van der Waals surface area contributed by atoms with Crippen LogP contribution in [0.4, 0.5) is 18.9 Å². The van der Waals surface area contributed by atoms with E-state index in [1.54, 1.807) is 23.7 Å². The number of aromatic nitrogens is 1. The molecule has 0 spiro atoms. The van der Waals surface area contributed by atoms with Crippen molar-refractivity contribution in [3.63, 3.8) is 0 Å². The molecule has 1 aromatic carbocycles. The molecular weight excluding hydrogens is 279 g/mol. The van der Waals surface area contributed by atoms with Gasteiger partial charge in [0.2, 0.25) is 0 Å². The summed E-state index contributed by atoms with van der Waals surface area (Å²) in [7, 11) is 1.78. The lowest BCUT2D eigenvalue weighted by molar-refractivity contribution is -0.137. The minimum absolute atomic E-state index is 0.364. The molecule has 1 heterocycles. The zero-order valence-corrected chi connectivity index (χ0v) is 11.6. The van der Waals surface area contributed by atoms with Crippen molar-refractivity contribution in [2.75, 3.05) is 5.32 Å². The summed E-state index contributed by atoms with van der Waals surface area (Å²) in [6.45, 7) is 2.23. The van der Waals surface area contributed by atoms with Gasteiger partial charge in [0.1, 0.15) is 11.8 Å². The summed E-state index contributed by atoms with van der Waals surface area (Å²) < 4.78 is 39.6. The third-order valence-electron chi connectivity index (χ3n) is 3.43. The van der Waals surface area contributed by atoms with Gasteiger partial charge in [0.25, 0.3) is 0 Å². The van der Waals surface area contributed by atoms with Crippen molar-refractivity contribution < 1.29 is 13.2 Å². The van der Waals surface area contributed by atoms with Gasteiger partial charge in [-0.2, -0.15) is 18.4 Å². The smallest absolute Gasteiger partial charge is 0.381 e. The Morgan fingerprint density at radius 3 is 2.57 bits per heavy atom. The molecule has 0 saturated carbocycles. The minimum Gasteiger partial charge on any atom is -0.381 e. The molecule has 6 heteroatoms. The maximum atomic E-state index is 12.6. The molecule has 21 heavy (non-hydrogen) atoms. The Kier molecular flexibility index (Phi) is 3.94. The van der Waals surface area contributed by atoms with Crippen LogP contribution >= 0.6 is 0 Å². The fraction of sp³-hybridized carbons (Fsp3) is 0.267. The molecule has 0 aliphatic carbocycles. The molecule has 0 radical (unpaired) electrons. The van der Waals surface area contributed by atoms with Gasteiger partial charge in [0, 0.05) is 25.0 Å². The van der Waals surface area contributed by atoms with Crippen molar-refractivity contribution in [2.45, 2.75) is 19.6 Å². The van der Waals surface area contributed by atoms with Crippen LogP contribution in [-0.4, -0.2) is 4.57 Å². The van der Waals surface area contributed by atoms with Crippen LogP contribution in [0.25, 0.3) is 0 Å². The quantitative estimate of drug-likeness (QED) is 0.934. The van der Waals surface area contributed by atoms with E-state index in [0.29, 0.717) is 17.9 Å². The van der Waals surface area contributed by atoms with Gasteiger partial charge in [0.05, 0.1) is 5.56 Å². The van der Waals surface area contributed by atoms with Gasteiger partial charge in [0.15, 0.2) is 0 Å². The predicted molar refractivity (Wildman–Crippen MR) is 73.6 cm³/mol. The maximum absolute atomic E-state index is 12.6. The van der Waals surface area contributed by atoms with E-state index >= 15 is 0 Å². The number of halogens is 3. The van der Waals surface area contributed by atoms with Crippen molar-refractivity contribution in [1.29, 1.82) is 5.26 Å². The van der Waals surface area contributed by atoms with Crippen LogP contribution in [0.5, 0.6) is 0 Å². The number of alkyl halides is 3. The number of rotatable bonds is 3. The van der Waals surface area contributed by atoms with E-state index < -0.39 is 11.7 Å². The van der Waals surface area contributed by atoms with Crippen molar-refractivity contribution >= 4 is 5.69 Å². The second kappa shape index (κ2) is 5.52. The van der Waals surface area contributed by atoms with E-state index in [1.165, 1.54) is 6.07 Å². The van der Waals surface area contributed by atoms with Crippen molar-refractivity contribution in [2.24, 2.45) is 7.05 Å². The summed E-state index contributed by atoms with van der Waals surface area (Å²) in [5.74, 6) is 0. The van der Waals surface area contributed by atoms with Gasteiger partial charge in [-0.3, -0.25) is 0 Å². The Morgan fingerprint density at radius 2 is 2.00 bits per heavy atom. The lowest BCUT2D eigenvalue weighted by Gasteiger charge is -2.10. The highest BCUT2D eigenvalue weighted by molar-refractivity contribution is 5.47. The van der Waals surface area contributed by atoms with Crippen LogP contribution in [-0.2, 0) is 19.8 Å². The lowest BCUT2D eigenvalue weighted by Crippen LogP contribution is -2.06. The van der Waals surface area contributed by atoms with E-state index in [4.69, 9.17) is 5.26 Å². The second-order valence-electron chi connectivity index (χ2n) is 4.74. The van der Waals surface area contributed by atoms with Crippen molar-refractivity contribution in [3.8, 4) is 6.07 Å². The minimum atomic E-state index is -4.35. The molecule has 110 valence electrons. The van der Waals surface area contributed by atoms with Gasteiger partial charge in [-0.05, 0) is 36.8 Å². The SMILES string of the molecule is Cc1c(CNc2cccc(C(F)(F)F)c2)cc(C#N)n1C. The fourth-order valence-corrected chi connectivity index (χ4v) is 2.05. The first-order chi connectivity index (χ1) is 9.82. The Bertz CT molecular complexity index is 693. The molecule has 0 aliphatic rings. The molecule has 0 aliphatic heterocycles. The van der Waals surface area contributed by atoms with E-state index in [2.05, 4.69) is 11.4 Å². The number of hydrogen-bond acceptors (Lipinski definition) is 2. The van der Waals surface area contributed by atoms with E-state index in [-0.39, 0.29) is 0 Å². The number of nitriles is 1. The van der Waals surface area contributed by atoms with Crippen LogP contribution in [0, 0.1) is 18.3 Å². The molecule has 0 bridgehead atoms. The molecule has 1 N–H and O–H groups in total. The number of benzene rings is 1. The molecule has 1 aromatic heterocycles. The largest absolute Gasteiger partial charge is 0.416 e. The van der Waals surface area contributed by atoms with Crippen LogP contribution in [0.15, 0.2) is 30.3 Å². The maximum Gasteiger partial charge on any atom is 0.416 e. The van der Waals surface area contributed by atoms with Crippen molar-refractivity contribution in [1.82, 2.24) is 4.57 Å². The highest BCUT2D eigenvalue weighted by Crippen LogP contribution is 2.30. The van der Waals surface area contributed by atoms with Crippen LogP contribution < -0.4 is 5.32 Å². The van der Waals surface area contributed by atoms with Gasteiger partial charge >= 0.3 is 6.18 Å². The highest BCUT2D eigenvalue weighted by atomic mass is 19.4. The molecule has 0 atom stereocenters. The Morgan fingerprint density at radius 1 is 1.29 bits per heavy atom. The zero-order chi connectivity index (χ0) is 15.6. The highest BCUT2D eigenvalue weighted by Gasteiger charge is 2.30. The van der Waals surface area contributed by atoms with Gasteiger partial charge in [-0.1, -0.05) is 6.07 Å². The van der Waals surface area contributed by atoms with E-state index in [0.717, 1.165) is 23.4 Å². The molecule has 2 aromatic rings. The average Bonchev–Trinajstić information content (AvgIpc) is 2.72. The predicted octanol–water partition coefficient (Wildman–Crippen LogP) is 3.84. The number of hydrogen-bond donors (Lipinski definition) is 1. The third kappa shape index (κ3) is 3.19. The standard InChI is InChI=1S/C15H14F3N3/c1-10-11(6-14(8-19)21(10)2)9-20-13-5-3-4-12(7-13)15(16,17)18/h3-7,20H,9H2,1-2H3. The molecule has 3 nitrogen and oxygen atoms in total. The molecular formula is C15H14F3N3. The second-order valence-corrected chi connectivity index (χ2v) is 4.74. The Hall–Kier alpha value is -2.42. The summed E-state index contributed by atoms with van der Waals surface area (Å²) in [6, 6.07) is 8.86. The first-order valence-electron chi connectivity index (χ1n) is 6.29. The molecule has 0 unspecified atom stereocenters. The van der Waals surface area contributed by atoms with E-state index in [9.17, 15) is 13.2 Å². The topological polar surface area (TPSA) is 40.8 Å². The molecule has 0 saturated heterocycles. The summed E-state index contributed by atoms with van der Waals surface area (Å²) >= 11 is 0. The van der Waals surface area contributed by atoms with Gasteiger partial charge in [-0.25, -0.2) is 0 Å². The normalized spacial score (nSPS) is 11.2. The number of anilines is 1. The Balaban J connectivity index is 2.16. The molecule has 0 fully saturated rings. The summed E-state index contributed by atoms with van der Waals surface area (Å²) in [6.07, 6.45) is -4.35. The zero-order valence-electron chi connectivity index (χ0n) is 11.6. The van der Waals surface area contributed by atoms with Gasteiger partial charge < -0.3 is 9.88 Å². The van der Waals surface area contributed by atoms with Crippen LogP contribution in [0.3, 0.4) is 0 Å². The van der Waals surface area contributed by atoms with Gasteiger partial charge in [-0.15, -0.1) is 0 Å². The van der Waals surface area contributed by atoms with Crippen LogP contribution in [0.2, 0.25) is 0 Å². The van der Waals surface area contributed by atoms with Crippen molar-refractivity contribution in [3.05, 3.63) is 52.8 Å². The first kappa shape index (κ1) is 15.0. The monoisotopic (exact) mass is 293 g/mol. The molecule has 0 amide bonds. The summed E-state index contributed by atoms with van der Waals surface area (Å²) in [5, 5.41) is 11.9. The van der Waals surface area contributed by atoms with Crippen LogP contribution in [0.1, 0.15) is 22.5 Å². The summed E-state index contributed by atoms with van der Waals surface area (Å²) in [4.78, 5) is 0. The third-order valence-corrected chi connectivity index (χ3v) is 3.43. The average molecular weight is 293 g/mol. The number of nitrogens with one attached hydrogen (secondary N) is 1. The Labute approximate surface area is 120 Å². The number of nitrogens with zero attached hydrogens (tertiary/aromatic N) is 2. The first-order valence-corrected chi connectivity index (χ1v) is 6.29. The fourth-order valence-electron chi connectivity index (χ4n) is 2.05. The summed E-state index contributed by atoms with van der Waals surface area (Å²) in [5.41, 5.74) is 2.02. The molecule has 2 rings (SSSR count). The van der Waals surface area contributed by atoms with E-state index in [1.807, 2.05) is 6.92 Å². The lowest BCUT2D eigenvalue weighted by atomic mass is 10.2.